The van der Waals surface area contributed by atoms with Gasteiger partial charge in [-0.1, -0.05) is 41.9 Å². The third-order valence-electron chi connectivity index (χ3n) is 3.97. The fourth-order valence-electron chi connectivity index (χ4n) is 2.79. The number of hydrogen-bond donors (Lipinski definition) is 3. The van der Waals surface area contributed by atoms with E-state index in [4.69, 9.17) is 11.6 Å². The molecule has 2 aromatic carbocycles. The molecule has 0 aliphatic carbocycles. The first-order chi connectivity index (χ1) is 13.6. The molecule has 30 heavy (non-hydrogen) atoms. The molecule has 0 bridgehead atoms. The Balaban J connectivity index is 0.00000450. The van der Waals surface area contributed by atoms with Gasteiger partial charge < -0.3 is 10.6 Å². The molecule has 0 amide bonds. The topological polar surface area (TPSA) is 82.6 Å². The molecule has 0 spiro atoms. The maximum Gasteiger partial charge on any atom is 0.241 e. The molecule has 0 aromatic heterocycles. The molecule has 166 valence electrons. The fourth-order valence-corrected chi connectivity index (χ4v) is 4.66. The van der Waals surface area contributed by atoms with Crippen LogP contribution in [0.3, 0.4) is 0 Å². The second-order valence-electron chi connectivity index (χ2n) is 7.70. The number of halogens is 2. The molecule has 0 heterocycles. The van der Waals surface area contributed by atoms with Crippen LogP contribution in [0.25, 0.3) is 0 Å². The molecule has 0 aliphatic rings. The van der Waals surface area contributed by atoms with Crippen LogP contribution >= 0.6 is 35.6 Å². The lowest BCUT2D eigenvalue weighted by molar-refractivity contribution is 0.491. The largest absolute Gasteiger partial charge is 0.356 e. The van der Waals surface area contributed by atoms with E-state index in [0.29, 0.717) is 29.6 Å². The molecule has 3 N–H and O–H groups in total. The average molecular weight is 565 g/mol. The Bertz CT molecular complexity index is 959. The van der Waals surface area contributed by atoms with E-state index in [2.05, 4.69) is 20.3 Å². The Morgan fingerprint density at radius 1 is 1.07 bits per heavy atom. The van der Waals surface area contributed by atoms with Crippen molar-refractivity contribution in [1.82, 2.24) is 15.4 Å². The molecule has 6 nitrogen and oxygen atoms in total. The lowest BCUT2D eigenvalue weighted by Crippen LogP contribution is -2.41. The van der Waals surface area contributed by atoms with Crippen molar-refractivity contribution < 1.29 is 8.42 Å². The van der Waals surface area contributed by atoms with Crippen LogP contribution in [0, 0.1) is 0 Å². The number of rotatable bonds is 7. The first-order valence-corrected chi connectivity index (χ1v) is 11.3. The van der Waals surface area contributed by atoms with E-state index in [0.717, 1.165) is 12.0 Å². The number of guanidine groups is 1. The Morgan fingerprint density at radius 3 is 2.40 bits per heavy atom. The lowest BCUT2D eigenvalue weighted by Gasteiger charge is -2.22. The van der Waals surface area contributed by atoms with Crippen molar-refractivity contribution in [3.8, 4) is 0 Å². The number of hydrogen-bond acceptors (Lipinski definition) is 3. The minimum atomic E-state index is -3.62. The molecular formula is C21H30ClIN4O2S. The van der Waals surface area contributed by atoms with E-state index in [1.165, 1.54) is 0 Å². The van der Waals surface area contributed by atoms with E-state index in [-0.39, 0.29) is 28.9 Å². The van der Waals surface area contributed by atoms with E-state index in [9.17, 15) is 8.42 Å². The molecule has 2 rings (SSSR count). The minimum Gasteiger partial charge on any atom is -0.356 e. The summed E-state index contributed by atoms with van der Waals surface area (Å²) < 4.78 is 28.2. The summed E-state index contributed by atoms with van der Waals surface area (Å²) in [5, 5.41) is 7.13. The molecule has 0 saturated carbocycles. The highest BCUT2D eigenvalue weighted by molar-refractivity contribution is 14.0. The smallest absolute Gasteiger partial charge is 0.241 e. The Kier molecular flexibility index (Phi) is 10.6. The molecule has 0 aliphatic heterocycles. The van der Waals surface area contributed by atoms with Crippen LogP contribution in [-0.4, -0.2) is 33.5 Å². The Morgan fingerprint density at radius 2 is 1.77 bits per heavy atom. The molecule has 0 fully saturated rings. The van der Waals surface area contributed by atoms with Gasteiger partial charge in [-0.05, 0) is 56.5 Å². The predicted octanol–water partition coefficient (Wildman–Crippen LogP) is 3.94. The van der Waals surface area contributed by atoms with Crippen molar-refractivity contribution in [2.45, 2.75) is 44.2 Å². The van der Waals surface area contributed by atoms with Crippen LogP contribution in [0.15, 0.2) is 58.4 Å². The van der Waals surface area contributed by atoms with Crippen molar-refractivity contribution in [2.24, 2.45) is 4.99 Å². The summed E-state index contributed by atoms with van der Waals surface area (Å²) in [6.45, 7) is 6.45. The van der Waals surface area contributed by atoms with Gasteiger partial charge in [-0.25, -0.2) is 13.1 Å². The van der Waals surface area contributed by atoms with Crippen molar-refractivity contribution in [1.29, 1.82) is 0 Å². The molecule has 0 radical (unpaired) electrons. The summed E-state index contributed by atoms with van der Waals surface area (Å²) in [5.74, 6) is 0.600. The van der Waals surface area contributed by atoms with Gasteiger partial charge in [-0.3, -0.25) is 4.99 Å². The van der Waals surface area contributed by atoms with Crippen molar-refractivity contribution in [2.75, 3.05) is 13.6 Å². The van der Waals surface area contributed by atoms with Crippen LogP contribution in [0.4, 0.5) is 0 Å². The standard InChI is InChI=1S/C21H29ClN4O2S.HI/c1-21(2,3)26-29(27,28)19-11-6-5-9-17(19)15-25-20(23-4)24-13-12-16-8-7-10-18(22)14-16;/h5-11,14,26H,12-13,15H2,1-4H3,(H2,23,24,25);1H. The summed E-state index contributed by atoms with van der Waals surface area (Å²) in [6.07, 6.45) is 0.793. The van der Waals surface area contributed by atoms with Crippen LogP contribution in [0.1, 0.15) is 31.9 Å². The molecule has 9 heteroatoms. The molecule has 0 unspecified atom stereocenters. The van der Waals surface area contributed by atoms with Gasteiger partial charge >= 0.3 is 0 Å². The molecule has 0 saturated heterocycles. The maximum atomic E-state index is 12.7. The van der Waals surface area contributed by atoms with Gasteiger partial charge in [0.2, 0.25) is 10.0 Å². The summed E-state index contributed by atoms with van der Waals surface area (Å²) in [6, 6.07) is 14.7. The molecule has 2 aromatic rings. The van der Waals surface area contributed by atoms with Gasteiger partial charge in [0.25, 0.3) is 0 Å². The van der Waals surface area contributed by atoms with Crippen molar-refractivity contribution in [3.63, 3.8) is 0 Å². The first kappa shape index (κ1) is 26.7. The minimum absolute atomic E-state index is 0. The number of nitrogens with one attached hydrogen (secondary N) is 3. The highest BCUT2D eigenvalue weighted by Gasteiger charge is 2.24. The van der Waals surface area contributed by atoms with Gasteiger partial charge in [0.05, 0.1) is 4.90 Å². The number of benzene rings is 2. The third kappa shape index (κ3) is 8.79. The summed E-state index contributed by atoms with van der Waals surface area (Å²) in [4.78, 5) is 4.47. The van der Waals surface area contributed by atoms with E-state index in [1.807, 2.05) is 51.1 Å². The second kappa shape index (κ2) is 11.9. The zero-order valence-corrected chi connectivity index (χ0v) is 21.6. The molecule has 0 atom stereocenters. The predicted molar refractivity (Wildman–Crippen MR) is 135 cm³/mol. The number of aliphatic imine (C=N–C) groups is 1. The van der Waals surface area contributed by atoms with Crippen LogP contribution < -0.4 is 15.4 Å². The summed E-state index contributed by atoms with van der Waals surface area (Å²) in [7, 11) is -1.94. The van der Waals surface area contributed by atoms with Gasteiger partial charge in [0.15, 0.2) is 5.96 Å². The Hall–Kier alpha value is -1.36. The van der Waals surface area contributed by atoms with Crippen LogP contribution in [0.5, 0.6) is 0 Å². The Labute approximate surface area is 202 Å². The van der Waals surface area contributed by atoms with Gasteiger partial charge in [-0.15, -0.1) is 24.0 Å². The van der Waals surface area contributed by atoms with Crippen LogP contribution in [-0.2, 0) is 23.0 Å². The van der Waals surface area contributed by atoms with E-state index in [1.54, 1.807) is 25.2 Å². The second-order valence-corrected chi connectivity index (χ2v) is 9.78. The van der Waals surface area contributed by atoms with Gasteiger partial charge in [0.1, 0.15) is 0 Å². The van der Waals surface area contributed by atoms with Crippen molar-refractivity contribution in [3.05, 3.63) is 64.7 Å². The average Bonchev–Trinajstić information content (AvgIpc) is 2.63. The maximum absolute atomic E-state index is 12.7. The summed E-state index contributed by atoms with van der Waals surface area (Å²) in [5.41, 5.74) is 1.24. The van der Waals surface area contributed by atoms with Crippen LogP contribution in [0.2, 0.25) is 5.02 Å². The molecular weight excluding hydrogens is 535 g/mol. The normalized spacial score (nSPS) is 12.2. The van der Waals surface area contributed by atoms with E-state index >= 15 is 0 Å². The quantitative estimate of drug-likeness (QED) is 0.270. The van der Waals surface area contributed by atoms with Gasteiger partial charge in [0, 0.05) is 30.7 Å². The first-order valence-electron chi connectivity index (χ1n) is 9.41. The SMILES string of the molecule is CN=C(NCCc1cccc(Cl)c1)NCc1ccccc1S(=O)(=O)NC(C)(C)C.I. The highest BCUT2D eigenvalue weighted by Crippen LogP contribution is 2.17. The number of nitrogens with zero attached hydrogens (tertiary/aromatic N) is 1. The highest BCUT2D eigenvalue weighted by atomic mass is 127. The number of sulfonamides is 1. The lowest BCUT2D eigenvalue weighted by atomic mass is 10.1. The zero-order valence-electron chi connectivity index (χ0n) is 17.7. The van der Waals surface area contributed by atoms with E-state index < -0.39 is 15.6 Å². The fraction of sp³-hybridized carbons (Fsp3) is 0.381. The van der Waals surface area contributed by atoms with Gasteiger partial charge in [-0.2, -0.15) is 0 Å². The summed E-state index contributed by atoms with van der Waals surface area (Å²) >= 11 is 6.01. The monoisotopic (exact) mass is 564 g/mol. The van der Waals surface area contributed by atoms with Crippen molar-refractivity contribution >= 4 is 51.6 Å². The third-order valence-corrected chi connectivity index (χ3v) is 6.06. The zero-order chi connectivity index (χ0) is 21.5.